The number of carbonyl (C=O) groups is 2. The van der Waals surface area contributed by atoms with E-state index in [1.807, 2.05) is 0 Å². The molecule has 0 saturated heterocycles. The summed E-state index contributed by atoms with van der Waals surface area (Å²) in [5.74, 6) is -1.12. The second-order valence-electron chi connectivity index (χ2n) is 5.14. The molecule has 2 amide bonds. The molecule has 2 aromatic rings. The van der Waals surface area contributed by atoms with Crippen LogP contribution in [0.1, 0.15) is 28.9 Å². The van der Waals surface area contributed by atoms with Crippen molar-refractivity contribution in [1.82, 2.24) is 5.32 Å². The molecule has 1 atom stereocenters. The van der Waals surface area contributed by atoms with Gasteiger partial charge in [0.15, 0.2) is 0 Å². The molecule has 0 aliphatic heterocycles. The third-order valence-electron chi connectivity index (χ3n) is 3.39. The van der Waals surface area contributed by atoms with Crippen LogP contribution in [-0.2, 0) is 4.79 Å². The molecule has 24 heavy (non-hydrogen) atoms. The predicted octanol–water partition coefficient (Wildman–Crippen LogP) is 4.09. The molecule has 6 heteroatoms. The van der Waals surface area contributed by atoms with E-state index >= 15 is 0 Å². The van der Waals surface area contributed by atoms with Crippen molar-refractivity contribution in [2.45, 2.75) is 13.0 Å². The zero-order valence-electron chi connectivity index (χ0n) is 13.0. The first kappa shape index (κ1) is 17.7. The molecule has 1 unspecified atom stereocenters. The van der Waals surface area contributed by atoms with Crippen molar-refractivity contribution >= 4 is 29.1 Å². The highest BCUT2D eigenvalue weighted by Crippen LogP contribution is 2.21. The average molecular weight is 347 g/mol. The standard InChI is InChI=1S/C18H16ClFN2O2/c1-3-17(23)22-14-7-4-12(5-8-14)18(24)21-11(2)13-6-9-16(20)15(19)10-13/h3-11H,1H2,2H3,(H,21,24)(H,22,23). The first-order valence-electron chi connectivity index (χ1n) is 7.20. The Bertz CT molecular complexity index is 775. The Morgan fingerprint density at radius 1 is 1.21 bits per heavy atom. The second kappa shape index (κ2) is 7.75. The third kappa shape index (κ3) is 4.43. The van der Waals surface area contributed by atoms with E-state index in [2.05, 4.69) is 17.2 Å². The van der Waals surface area contributed by atoms with Crippen LogP contribution in [0.15, 0.2) is 55.1 Å². The smallest absolute Gasteiger partial charge is 0.251 e. The molecule has 0 aromatic heterocycles. The maximum Gasteiger partial charge on any atom is 0.251 e. The first-order chi connectivity index (χ1) is 11.4. The highest BCUT2D eigenvalue weighted by atomic mass is 35.5. The van der Waals surface area contributed by atoms with Gasteiger partial charge in [-0.05, 0) is 55.0 Å². The van der Waals surface area contributed by atoms with Gasteiger partial charge in [0.25, 0.3) is 5.91 Å². The van der Waals surface area contributed by atoms with Gasteiger partial charge in [0, 0.05) is 11.3 Å². The Labute approximate surface area is 144 Å². The molecule has 0 heterocycles. The Morgan fingerprint density at radius 2 is 1.88 bits per heavy atom. The molecule has 2 N–H and O–H groups in total. The molecule has 124 valence electrons. The fourth-order valence-corrected chi connectivity index (χ4v) is 2.23. The van der Waals surface area contributed by atoms with E-state index in [1.54, 1.807) is 37.3 Å². The number of hydrogen-bond donors (Lipinski definition) is 2. The van der Waals surface area contributed by atoms with Crippen molar-refractivity contribution in [3.63, 3.8) is 0 Å². The minimum Gasteiger partial charge on any atom is -0.346 e. The summed E-state index contributed by atoms with van der Waals surface area (Å²) in [5.41, 5.74) is 1.70. The number of nitrogens with one attached hydrogen (secondary N) is 2. The Hall–Kier alpha value is -2.66. The van der Waals surface area contributed by atoms with Gasteiger partial charge in [0.05, 0.1) is 11.1 Å². The molecule has 0 aliphatic rings. The predicted molar refractivity (Wildman–Crippen MR) is 92.6 cm³/mol. The van der Waals surface area contributed by atoms with Crippen molar-refractivity contribution in [3.05, 3.63) is 77.1 Å². The SMILES string of the molecule is C=CC(=O)Nc1ccc(C(=O)NC(C)c2ccc(F)c(Cl)c2)cc1. The normalized spacial score (nSPS) is 11.5. The molecule has 4 nitrogen and oxygen atoms in total. The van der Waals surface area contributed by atoms with Crippen LogP contribution in [-0.4, -0.2) is 11.8 Å². The molecule has 2 rings (SSSR count). The summed E-state index contributed by atoms with van der Waals surface area (Å²) in [4.78, 5) is 23.5. The van der Waals surface area contributed by atoms with E-state index in [0.717, 1.165) is 6.08 Å². The number of carbonyl (C=O) groups excluding carboxylic acids is 2. The topological polar surface area (TPSA) is 58.2 Å². The lowest BCUT2D eigenvalue weighted by molar-refractivity contribution is -0.111. The maximum absolute atomic E-state index is 13.2. The van der Waals surface area contributed by atoms with E-state index in [4.69, 9.17) is 11.6 Å². The first-order valence-corrected chi connectivity index (χ1v) is 7.58. The van der Waals surface area contributed by atoms with Crippen LogP contribution in [0, 0.1) is 5.82 Å². The fourth-order valence-electron chi connectivity index (χ4n) is 2.04. The number of anilines is 1. The van der Waals surface area contributed by atoms with E-state index in [1.165, 1.54) is 12.1 Å². The molecule has 0 radical (unpaired) electrons. The molecule has 0 bridgehead atoms. The van der Waals surface area contributed by atoms with Crippen LogP contribution in [0.2, 0.25) is 5.02 Å². The molecular formula is C18H16ClFN2O2. The van der Waals surface area contributed by atoms with Crippen LogP contribution in [0.3, 0.4) is 0 Å². The van der Waals surface area contributed by atoms with E-state index < -0.39 is 5.82 Å². The fraction of sp³-hybridized carbons (Fsp3) is 0.111. The Kier molecular flexibility index (Phi) is 5.71. The Balaban J connectivity index is 2.04. The van der Waals surface area contributed by atoms with E-state index in [0.29, 0.717) is 16.8 Å². The number of amides is 2. The Morgan fingerprint density at radius 3 is 2.46 bits per heavy atom. The van der Waals surface area contributed by atoms with Gasteiger partial charge < -0.3 is 10.6 Å². The minimum atomic E-state index is -0.504. The van der Waals surface area contributed by atoms with Crippen molar-refractivity contribution in [1.29, 1.82) is 0 Å². The maximum atomic E-state index is 13.2. The number of hydrogen-bond acceptors (Lipinski definition) is 2. The van der Waals surface area contributed by atoms with Crippen LogP contribution >= 0.6 is 11.6 Å². The summed E-state index contributed by atoms with van der Waals surface area (Å²) < 4.78 is 13.2. The quantitative estimate of drug-likeness (QED) is 0.801. The number of rotatable bonds is 5. The van der Waals surface area contributed by atoms with Gasteiger partial charge in [0.1, 0.15) is 5.82 Å². The molecule has 0 aliphatic carbocycles. The molecule has 0 saturated carbocycles. The molecule has 0 spiro atoms. The van der Waals surface area contributed by atoms with Gasteiger partial charge in [0.2, 0.25) is 5.91 Å². The van der Waals surface area contributed by atoms with E-state index in [-0.39, 0.29) is 22.9 Å². The molecule has 2 aromatic carbocycles. The van der Waals surface area contributed by atoms with Gasteiger partial charge >= 0.3 is 0 Å². The van der Waals surface area contributed by atoms with Crippen molar-refractivity contribution < 1.29 is 14.0 Å². The molecule has 0 fully saturated rings. The lowest BCUT2D eigenvalue weighted by Gasteiger charge is -2.15. The van der Waals surface area contributed by atoms with Gasteiger partial charge in [-0.3, -0.25) is 9.59 Å². The van der Waals surface area contributed by atoms with Crippen molar-refractivity contribution in [2.24, 2.45) is 0 Å². The van der Waals surface area contributed by atoms with Gasteiger partial charge in [-0.1, -0.05) is 24.2 Å². The highest BCUT2D eigenvalue weighted by Gasteiger charge is 2.13. The average Bonchev–Trinajstić information content (AvgIpc) is 2.57. The lowest BCUT2D eigenvalue weighted by atomic mass is 10.1. The summed E-state index contributed by atoms with van der Waals surface area (Å²) in [6, 6.07) is 10.4. The third-order valence-corrected chi connectivity index (χ3v) is 3.68. The summed E-state index contributed by atoms with van der Waals surface area (Å²) in [7, 11) is 0. The minimum absolute atomic E-state index is 0.0101. The van der Waals surface area contributed by atoms with Crippen LogP contribution < -0.4 is 10.6 Å². The van der Waals surface area contributed by atoms with Gasteiger partial charge in [-0.15, -0.1) is 0 Å². The summed E-state index contributed by atoms with van der Waals surface area (Å²) >= 11 is 5.75. The van der Waals surface area contributed by atoms with Crippen molar-refractivity contribution in [3.8, 4) is 0 Å². The van der Waals surface area contributed by atoms with Crippen LogP contribution in [0.5, 0.6) is 0 Å². The van der Waals surface area contributed by atoms with Crippen LogP contribution in [0.4, 0.5) is 10.1 Å². The summed E-state index contributed by atoms with van der Waals surface area (Å²) in [6.45, 7) is 5.14. The largest absolute Gasteiger partial charge is 0.346 e. The lowest BCUT2D eigenvalue weighted by Crippen LogP contribution is -2.26. The molecular weight excluding hydrogens is 331 g/mol. The van der Waals surface area contributed by atoms with Crippen LogP contribution in [0.25, 0.3) is 0 Å². The monoisotopic (exact) mass is 346 g/mol. The number of halogens is 2. The summed E-state index contributed by atoms with van der Waals surface area (Å²) in [5, 5.41) is 5.41. The zero-order valence-corrected chi connectivity index (χ0v) is 13.7. The van der Waals surface area contributed by atoms with Crippen molar-refractivity contribution in [2.75, 3.05) is 5.32 Å². The zero-order chi connectivity index (χ0) is 17.7. The number of benzene rings is 2. The van der Waals surface area contributed by atoms with Gasteiger partial charge in [-0.25, -0.2) is 4.39 Å². The second-order valence-corrected chi connectivity index (χ2v) is 5.55. The highest BCUT2D eigenvalue weighted by molar-refractivity contribution is 6.30. The van der Waals surface area contributed by atoms with Gasteiger partial charge in [-0.2, -0.15) is 0 Å². The summed E-state index contributed by atoms with van der Waals surface area (Å²) in [6.07, 6.45) is 1.16. The van der Waals surface area contributed by atoms with E-state index in [9.17, 15) is 14.0 Å².